The van der Waals surface area contributed by atoms with E-state index in [9.17, 15) is 0 Å². The van der Waals surface area contributed by atoms with E-state index < -0.39 is 0 Å². The van der Waals surface area contributed by atoms with Gasteiger partial charge in [-0.25, -0.2) is 4.98 Å². The molecular formula is C15H25N3O2. The summed E-state index contributed by atoms with van der Waals surface area (Å²) in [7, 11) is 1.70. The average molecular weight is 279 g/mol. The summed E-state index contributed by atoms with van der Waals surface area (Å²) in [5.41, 5.74) is 0. The van der Waals surface area contributed by atoms with E-state index in [4.69, 9.17) is 9.84 Å². The zero-order valence-corrected chi connectivity index (χ0v) is 12.2. The van der Waals surface area contributed by atoms with E-state index in [2.05, 4.69) is 21.3 Å². The van der Waals surface area contributed by atoms with E-state index in [1.807, 2.05) is 18.3 Å². The molecule has 5 nitrogen and oxygen atoms in total. The lowest BCUT2D eigenvalue weighted by Gasteiger charge is -2.35. The van der Waals surface area contributed by atoms with Gasteiger partial charge in [0.25, 0.3) is 0 Å². The van der Waals surface area contributed by atoms with Crippen LogP contribution in [0.2, 0.25) is 0 Å². The number of nitrogens with one attached hydrogen (secondary N) is 1. The van der Waals surface area contributed by atoms with Gasteiger partial charge in [0.15, 0.2) is 0 Å². The van der Waals surface area contributed by atoms with E-state index in [-0.39, 0.29) is 12.6 Å². The van der Waals surface area contributed by atoms with Crippen molar-refractivity contribution in [2.75, 3.05) is 38.3 Å². The van der Waals surface area contributed by atoms with Crippen LogP contribution in [0, 0.1) is 0 Å². The van der Waals surface area contributed by atoms with Crippen molar-refractivity contribution in [2.24, 2.45) is 0 Å². The number of ether oxygens (including phenoxy) is 1. The fourth-order valence-electron chi connectivity index (χ4n) is 2.72. The van der Waals surface area contributed by atoms with Crippen LogP contribution < -0.4 is 10.2 Å². The van der Waals surface area contributed by atoms with E-state index in [1.54, 1.807) is 7.11 Å². The molecule has 0 bridgehead atoms. The number of rotatable bonds is 7. The number of nitrogens with zero attached hydrogens (tertiary/aromatic N) is 2. The molecule has 1 aliphatic heterocycles. The quantitative estimate of drug-likeness (QED) is 0.781. The normalized spacial score (nSPS) is 18.2. The topological polar surface area (TPSA) is 57.6 Å². The Hall–Kier alpha value is -1.17. The number of methoxy groups -OCH3 is 1. The maximum absolute atomic E-state index is 9.07. The van der Waals surface area contributed by atoms with Gasteiger partial charge in [-0.2, -0.15) is 0 Å². The summed E-state index contributed by atoms with van der Waals surface area (Å²) in [4.78, 5) is 6.73. The van der Waals surface area contributed by atoms with Crippen molar-refractivity contribution < 1.29 is 9.84 Å². The first-order valence-corrected chi connectivity index (χ1v) is 7.35. The molecule has 1 saturated heterocycles. The predicted octanol–water partition coefficient (Wildman–Crippen LogP) is 1.04. The van der Waals surface area contributed by atoms with E-state index in [0.717, 1.165) is 38.2 Å². The summed E-state index contributed by atoms with van der Waals surface area (Å²) in [6.07, 6.45) is 4.79. The molecule has 20 heavy (non-hydrogen) atoms. The number of anilines is 1. The molecule has 1 fully saturated rings. The van der Waals surface area contributed by atoms with Crippen LogP contribution in [0.3, 0.4) is 0 Å². The first-order valence-electron chi connectivity index (χ1n) is 7.35. The van der Waals surface area contributed by atoms with Crippen LogP contribution in [0.1, 0.15) is 19.3 Å². The van der Waals surface area contributed by atoms with Crippen LogP contribution in [-0.2, 0) is 4.74 Å². The molecule has 0 amide bonds. The molecule has 0 aliphatic carbocycles. The van der Waals surface area contributed by atoms with Gasteiger partial charge in [-0.3, -0.25) is 0 Å². The monoisotopic (exact) mass is 279 g/mol. The van der Waals surface area contributed by atoms with Gasteiger partial charge in [0, 0.05) is 45.1 Å². The SMILES string of the molecule is COCC(CCO)NC1CCN(c2ccccn2)CC1. The van der Waals surface area contributed by atoms with Crippen LogP contribution >= 0.6 is 0 Å². The maximum atomic E-state index is 9.07. The Bertz CT molecular complexity index is 361. The number of piperidine rings is 1. The fourth-order valence-corrected chi connectivity index (χ4v) is 2.72. The van der Waals surface area contributed by atoms with E-state index >= 15 is 0 Å². The van der Waals surface area contributed by atoms with Gasteiger partial charge in [0.2, 0.25) is 0 Å². The van der Waals surface area contributed by atoms with Crippen LogP contribution in [0.25, 0.3) is 0 Å². The lowest BCUT2D eigenvalue weighted by molar-refractivity contribution is 0.139. The third-order valence-corrected chi connectivity index (χ3v) is 3.79. The van der Waals surface area contributed by atoms with Crippen LogP contribution in [0.15, 0.2) is 24.4 Å². The van der Waals surface area contributed by atoms with Crippen LogP contribution in [-0.4, -0.2) is 55.6 Å². The third kappa shape index (κ3) is 4.44. The van der Waals surface area contributed by atoms with Gasteiger partial charge >= 0.3 is 0 Å². The first kappa shape index (κ1) is 15.2. The smallest absolute Gasteiger partial charge is 0.128 e. The lowest BCUT2D eigenvalue weighted by Crippen LogP contribution is -2.48. The average Bonchev–Trinajstić information content (AvgIpc) is 2.49. The molecule has 2 rings (SSSR count). The molecule has 112 valence electrons. The van der Waals surface area contributed by atoms with Crippen molar-refractivity contribution in [2.45, 2.75) is 31.3 Å². The highest BCUT2D eigenvalue weighted by molar-refractivity contribution is 5.38. The Balaban J connectivity index is 1.79. The van der Waals surface area contributed by atoms with Crippen molar-refractivity contribution >= 4 is 5.82 Å². The molecule has 1 unspecified atom stereocenters. The largest absolute Gasteiger partial charge is 0.396 e. The van der Waals surface area contributed by atoms with Gasteiger partial charge < -0.3 is 20.1 Å². The fraction of sp³-hybridized carbons (Fsp3) is 0.667. The van der Waals surface area contributed by atoms with Gasteiger partial charge in [0.05, 0.1) is 6.61 Å². The highest BCUT2D eigenvalue weighted by Gasteiger charge is 2.22. The zero-order chi connectivity index (χ0) is 14.2. The van der Waals surface area contributed by atoms with Crippen molar-refractivity contribution in [1.29, 1.82) is 0 Å². The van der Waals surface area contributed by atoms with Crippen molar-refractivity contribution in [3.05, 3.63) is 24.4 Å². The molecule has 1 aromatic heterocycles. The number of pyridine rings is 1. The first-order chi connectivity index (χ1) is 9.83. The van der Waals surface area contributed by atoms with Gasteiger partial charge in [0.1, 0.15) is 5.82 Å². The number of aliphatic hydroxyl groups excluding tert-OH is 1. The minimum atomic E-state index is 0.202. The Morgan fingerprint density at radius 3 is 2.85 bits per heavy atom. The zero-order valence-electron chi connectivity index (χ0n) is 12.2. The molecule has 5 heteroatoms. The van der Waals surface area contributed by atoms with E-state index in [1.165, 1.54) is 0 Å². The molecule has 1 aromatic rings. The lowest BCUT2D eigenvalue weighted by atomic mass is 10.0. The molecule has 0 radical (unpaired) electrons. The Morgan fingerprint density at radius 1 is 1.45 bits per heavy atom. The predicted molar refractivity (Wildman–Crippen MR) is 80.0 cm³/mol. The summed E-state index contributed by atoms with van der Waals surface area (Å²) in [5, 5.41) is 12.7. The van der Waals surface area contributed by atoms with Crippen LogP contribution in [0.5, 0.6) is 0 Å². The molecule has 0 spiro atoms. The standard InChI is InChI=1S/C15H25N3O2/c1-20-12-14(7-11-19)17-13-5-9-18(10-6-13)15-4-2-3-8-16-15/h2-4,8,13-14,17,19H,5-7,9-12H2,1H3. The van der Waals surface area contributed by atoms with Gasteiger partial charge in [-0.05, 0) is 31.4 Å². The molecule has 1 aliphatic rings. The summed E-state index contributed by atoms with van der Waals surface area (Å²) >= 11 is 0. The molecule has 0 saturated carbocycles. The highest BCUT2D eigenvalue weighted by atomic mass is 16.5. The van der Waals surface area contributed by atoms with Crippen molar-refractivity contribution in [3.8, 4) is 0 Å². The minimum Gasteiger partial charge on any atom is -0.396 e. The Labute approximate surface area is 121 Å². The van der Waals surface area contributed by atoms with Gasteiger partial charge in [-0.15, -0.1) is 0 Å². The molecular weight excluding hydrogens is 254 g/mol. The van der Waals surface area contributed by atoms with Crippen molar-refractivity contribution in [1.82, 2.24) is 10.3 Å². The number of aromatic nitrogens is 1. The van der Waals surface area contributed by atoms with E-state index in [0.29, 0.717) is 12.6 Å². The molecule has 2 heterocycles. The molecule has 0 aromatic carbocycles. The highest BCUT2D eigenvalue weighted by Crippen LogP contribution is 2.17. The van der Waals surface area contributed by atoms with Crippen molar-refractivity contribution in [3.63, 3.8) is 0 Å². The van der Waals surface area contributed by atoms with Crippen LogP contribution in [0.4, 0.5) is 5.82 Å². The minimum absolute atomic E-state index is 0.202. The second-order valence-corrected chi connectivity index (χ2v) is 5.28. The second kappa shape index (κ2) is 8.19. The maximum Gasteiger partial charge on any atom is 0.128 e. The number of hydrogen-bond acceptors (Lipinski definition) is 5. The Kier molecular flexibility index (Phi) is 6.24. The number of hydrogen-bond donors (Lipinski definition) is 2. The second-order valence-electron chi connectivity index (χ2n) is 5.28. The number of aliphatic hydroxyl groups is 1. The third-order valence-electron chi connectivity index (χ3n) is 3.79. The summed E-state index contributed by atoms with van der Waals surface area (Å²) < 4.78 is 5.19. The summed E-state index contributed by atoms with van der Waals surface area (Å²) in [6.45, 7) is 2.90. The summed E-state index contributed by atoms with van der Waals surface area (Å²) in [5.74, 6) is 1.06. The molecule has 1 atom stereocenters. The Morgan fingerprint density at radius 2 is 2.25 bits per heavy atom. The van der Waals surface area contributed by atoms with Gasteiger partial charge in [-0.1, -0.05) is 6.07 Å². The summed E-state index contributed by atoms with van der Waals surface area (Å²) in [6, 6.07) is 6.79. The molecule has 2 N–H and O–H groups in total.